The van der Waals surface area contributed by atoms with Crippen LogP contribution >= 0.6 is 0 Å². The van der Waals surface area contributed by atoms with E-state index in [2.05, 4.69) is 0 Å². The van der Waals surface area contributed by atoms with Crippen molar-refractivity contribution in [1.82, 2.24) is 0 Å². The summed E-state index contributed by atoms with van der Waals surface area (Å²) in [4.78, 5) is 12.3. The maximum Gasteiger partial charge on any atom is 0.417 e. The molecule has 22 heavy (non-hydrogen) atoms. The first kappa shape index (κ1) is 19.3. The van der Waals surface area contributed by atoms with Crippen LogP contribution in [0.1, 0.15) is 66.2 Å². The summed E-state index contributed by atoms with van der Waals surface area (Å²) in [6, 6.07) is 0. The summed E-state index contributed by atoms with van der Waals surface area (Å²) in [6.45, 7) is 6.19. The normalized spacial score (nSPS) is 26.4. The van der Waals surface area contributed by atoms with Crippen molar-refractivity contribution >= 4 is 5.97 Å². The molecule has 1 saturated carbocycles. The summed E-state index contributed by atoms with van der Waals surface area (Å²) in [5, 5.41) is 9.95. The van der Waals surface area contributed by atoms with Crippen molar-refractivity contribution in [2.45, 2.75) is 84.1 Å². The summed E-state index contributed by atoms with van der Waals surface area (Å²) in [7, 11) is 0. The number of carbonyl (C=O) groups is 1. The van der Waals surface area contributed by atoms with E-state index in [-0.39, 0.29) is 6.42 Å². The van der Waals surface area contributed by atoms with Crippen molar-refractivity contribution in [3.05, 3.63) is 0 Å². The number of carbonyl (C=O) groups excluding carboxylic acids is 1. The van der Waals surface area contributed by atoms with Crippen LogP contribution in [0.15, 0.2) is 0 Å². The molecule has 0 spiro atoms. The van der Waals surface area contributed by atoms with Crippen LogP contribution in [0.25, 0.3) is 0 Å². The Morgan fingerprint density at radius 2 is 1.73 bits per heavy atom. The molecule has 0 radical (unpaired) electrons. The molecular formula is C16H27F3O3. The first-order chi connectivity index (χ1) is 9.93. The lowest BCUT2D eigenvalue weighted by Gasteiger charge is -2.42. The van der Waals surface area contributed by atoms with E-state index in [4.69, 9.17) is 4.74 Å². The predicted octanol–water partition coefficient (Wildman–Crippen LogP) is 4.23. The standard InChI is InChI=1S/C16H27F3O3/c1-5-10-14(2,3)13(20)22-12-9-7-6-8-11(12)15(4,21)16(17,18)19/h11-12,21H,5-10H2,1-4H3. The monoisotopic (exact) mass is 324 g/mol. The quantitative estimate of drug-likeness (QED) is 0.770. The zero-order valence-electron chi connectivity index (χ0n) is 13.8. The summed E-state index contributed by atoms with van der Waals surface area (Å²) < 4.78 is 44.7. The third-order valence-corrected chi connectivity index (χ3v) is 4.68. The Morgan fingerprint density at radius 1 is 1.18 bits per heavy atom. The van der Waals surface area contributed by atoms with Crippen molar-refractivity contribution in [1.29, 1.82) is 0 Å². The molecule has 130 valence electrons. The summed E-state index contributed by atoms with van der Waals surface area (Å²) in [6.07, 6.45) is -2.34. The van der Waals surface area contributed by atoms with Crippen molar-refractivity contribution in [2.24, 2.45) is 11.3 Å². The van der Waals surface area contributed by atoms with Gasteiger partial charge in [0.25, 0.3) is 0 Å². The number of ether oxygens (including phenoxy) is 1. The molecule has 3 atom stereocenters. The van der Waals surface area contributed by atoms with Crippen LogP contribution in [0.3, 0.4) is 0 Å². The Balaban J connectivity index is 2.89. The molecule has 1 rings (SSSR count). The summed E-state index contributed by atoms with van der Waals surface area (Å²) in [5.41, 5.74) is -3.56. The van der Waals surface area contributed by atoms with E-state index in [0.717, 1.165) is 13.3 Å². The van der Waals surface area contributed by atoms with E-state index in [1.807, 2.05) is 6.92 Å². The molecule has 3 nitrogen and oxygen atoms in total. The number of esters is 1. The number of rotatable bonds is 5. The number of alkyl halides is 3. The van der Waals surface area contributed by atoms with Crippen LogP contribution in [0.4, 0.5) is 13.2 Å². The lowest BCUT2D eigenvalue weighted by molar-refractivity contribution is -0.286. The molecule has 6 heteroatoms. The smallest absolute Gasteiger partial charge is 0.417 e. The van der Waals surface area contributed by atoms with Crippen LogP contribution in [0, 0.1) is 11.3 Å². The van der Waals surface area contributed by atoms with Crippen LogP contribution in [0.2, 0.25) is 0 Å². The average molecular weight is 324 g/mol. The van der Waals surface area contributed by atoms with Gasteiger partial charge < -0.3 is 9.84 Å². The molecule has 0 bridgehead atoms. The summed E-state index contributed by atoms with van der Waals surface area (Å²) in [5.74, 6) is -1.59. The van der Waals surface area contributed by atoms with Crippen LogP contribution in [-0.2, 0) is 9.53 Å². The van der Waals surface area contributed by atoms with Crippen molar-refractivity contribution in [2.75, 3.05) is 0 Å². The van der Waals surface area contributed by atoms with Crippen molar-refractivity contribution < 1.29 is 27.8 Å². The molecule has 1 aliphatic rings. The van der Waals surface area contributed by atoms with Crippen molar-refractivity contribution in [3.8, 4) is 0 Å². The predicted molar refractivity (Wildman–Crippen MR) is 77.2 cm³/mol. The minimum Gasteiger partial charge on any atom is -0.462 e. The van der Waals surface area contributed by atoms with Gasteiger partial charge in [-0.25, -0.2) is 0 Å². The third-order valence-electron chi connectivity index (χ3n) is 4.68. The molecule has 1 N–H and O–H groups in total. The average Bonchev–Trinajstić information content (AvgIpc) is 2.37. The van der Waals surface area contributed by atoms with Gasteiger partial charge in [-0.1, -0.05) is 19.8 Å². The van der Waals surface area contributed by atoms with Crippen molar-refractivity contribution in [3.63, 3.8) is 0 Å². The fourth-order valence-electron chi connectivity index (χ4n) is 3.12. The third kappa shape index (κ3) is 4.15. The molecule has 1 fully saturated rings. The molecule has 0 aromatic heterocycles. The highest BCUT2D eigenvalue weighted by atomic mass is 19.4. The number of hydrogen-bond donors (Lipinski definition) is 1. The molecular weight excluding hydrogens is 297 g/mol. The molecule has 0 saturated heterocycles. The van der Waals surface area contributed by atoms with E-state index in [1.54, 1.807) is 13.8 Å². The van der Waals surface area contributed by atoms with Gasteiger partial charge in [-0.2, -0.15) is 13.2 Å². The maximum atomic E-state index is 13.1. The van der Waals surface area contributed by atoms with Crippen LogP contribution < -0.4 is 0 Å². The second-order valence-corrected chi connectivity index (χ2v) is 7.11. The zero-order valence-corrected chi connectivity index (χ0v) is 13.8. The maximum absolute atomic E-state index is 13.1. The largest absolute Gasteiger partial charge is 0.462 e. The highest BCUT2D eigenvalue weighted by Crippen LogP contribution is 2.44. The van der Waals surface area contributed by atoms with E-state index < -0.39 is 35.2 Å². The van der Waals surface area contributed by atoms with E-state index in [9.17, 15) is 23.1 Å². The summed E-state index contributed by atoms with van der Waals surface area (Å²) >= 11 is 0. The molecule has 0 aromatic carbocycles. The molecule has 1 aliphatic carbocycles. The van der Waals surface area contributed by atoms with Gasteiger partial charge >= 0.3 is 12.1 Å². The fraction of sp³-hybridized carbons (Fsp3) is 0.938. The van der Waals surface area contributed by atoms with Gasteiger partial charge in [-0.05, 0) is 46.5 Å². The topological polar surface area (TPSA) is 46.5 Å². The molecule has 0 aliphatic heterocycles. The number of halogens is 3. The molecule has 0 heterocycles. The minimum atomic E-state index is -4.74. The lowest BCUT2D eigenvalue weighted by Crippen LogP contribution is -2.54. The lowest BCUT2D eigenvalue weighted by atomic mass is 9.75. The van der Waals surface area contributed by atoms with Gasteiger partial charge in [0.2, 0.25) is 0 Å². The van der Waals surface area contributed by atoms with E-state index in [1.165, 1.54) is 0 Å². The Bertz CT molecular complexity index is 389. The second kappa shape index (κ2) is 6.77. The number of hydrogen-bond acceptors (Lipinski definition) is 3. The van der Waals surface area contributed by atoms with Gasteiger partial charge in [0, 0.05) is 5.92 Å². The number of aliphatic hydroxyl groups is 1. The first-order valence-electron chi connectivity index (χ1n) is 7.93. The molecule has 0 amide bonds. The Morgan fingerprint density at radius 3 is 2.23 bits per heavy atom. The van der Waals surface area contributed by atoms with Gasteiger partial charge in [-0.3, -0.25) is 4.79 Å². The van der Waals surface area contributed by atoms with Gasteiger partial charge in [0.1, 0.15) is 6.10 Å². The van der Waals surface area contributed by atoms with Gasteiger partial charge in [0.05, 0.1) is 5.41 Å². The van der Waals surface area contributed by atoms with Gasteiger partial charge in [-0.15, -0.1) is 0 Å². The first-order valence-corrected chi connectivity index (χ1v) is 7.93. The SMILES string of the molecule is CCCC(C)(C)C(=O)OC1CCCCC1C(C)(O)C(F)(F)F. The van der Waals surface area contributed by atoms with Crippen LogP contribution in [-0.4, -0.2) is 29.0 Å². The minimum absolute atomic E-state index is 0.207. The highest BCUT2D eigenvalue weighted by Gasteiger charge is 2.58. The van der Waals surface area contributed by atoms with E-state index in [0.29, 0.717) is 25.7 Å². The second-order valence-electron chi connectivity index (χ2n) is 7.11. The zero-order chi connectivity index (χ0) is 17.2. The fourth-order valence-corrected chi connectivity index (χ4v) is 3.12. The molecule has 3 unspecified atom stereocenters. The Hall–Kier alpha value is -0.780. The molecule has 0 aromatic rings. The highest BCUT2D eigenvalue weighted by molar-refractivity contribution is 5.76. The Kier molecular flexibility index (Phi) is 5.93. The van der Waals surface area contributed by atoms with Gasteiger partial charge in [0.15, 0.2) is 5.60 Å². The van der Waals surface area contributed by atoms with Crippen LogP contribution in [0.5, 0.6) is 0 Å². The van der Waals surface area contributed by atoms with E-state index >= 15 is 0 Å². The Labute approximate surface area is 130 Å².